The highest BCUT2D eigenvalue weighted by atomic mass is 19.1. The number of nitrogens with zero attached hydrogens (tertiary/aromatic N) is 3. The quantitative estimate of drug-likeness (QED) is 0.859. The predicted molar refractivity (Wildman–Crippen MR) is 97.4 cm³/mol. The van der Waals surface area contributed by atoms with Gasteiger partial charge in [-0.1, -0.05) is 0 Å². The van der Waals surface area contributed by atoms with Gasteiger partial charge in [-0.3, -0.25) is 9.59 Å². The number of nitrogens with one attached hydrogen (secondary N) is 1. The van der Waals surface area contributed by atoms with Gasteiger partial charge in [0.25, 0.3) is 5.91 Å². The maximum atomic E-state index is 13.5. The molecule has 0 bridgehead atoms. The zero-order chi connectivity index (χ0) is 19.4. The number of hydrogen-bond acceptors (Lipinski definition) is 5. The number of anilines is 2. The molecule has 0 atom stereocenters. The number of rotatable bonds is 4. The Hall–Kier alpha value is -3.47. The van der Waals surface area contributed by atoms with Crippen LogP contribution in [0.3, 0.4) is 0 Å². The molecular weight excluding hydrogens is 349 g/mol. The SMILES string of the molecule is N#Cc1ccc(N2CCC(C(=O)Nc3ccc(F)c(C(N)=O)c3)CC2)nc1. The first-order valence-electron chi connectivity index (χ1n) is 8.49. The van der Waals surface area contributed by atoms with E-state index in [1.54, 1.807) is 12.1 Å². The third-order valence-corrected chi connectivity index (χ3v) is 4.57. The highest BCUT2D eigenvalue weighted by molar-refractivity contribution is 5.97. The molecule has 2 heterocycles. The Kier molecular flexibility index (Phi) is 5.31. The van der Waals surface area contributed by atoms with Crippen LogP contribution in [0.1, 0.15) is 28.8 Å². The summed E-state index contributed by atoms with van der Waals surface area (Å²) in [7, 11) is 0. The standard InChI is InChI=1S/C19H18FN5O2/c20-16-3-2-14(9-15(16)18(22)26)24-19(27)13-5-7-25(8-6-13)17-4-1-12(10-21)11-23-17/h1-4,9,11,13H,5-8H2,(H2,22,26)(H,24,27). The second-order valence-corrected chi connectivity index (χ2v) is 6.33. The molecule has 0 aliphatic carbocycles. The highest BCUT2D eigenvalue weighted by Crippen LogP contribution is 2.24. The summed E-state index contributed by atoms with van der Waals surface area (Å²) >= 11 is 0. The Labute approximate surface area is 155 Å². The molecule has 0 radical (unpaired) electrons. The summed E-state index contributed by atoms with van der Waals surface area (Å²) in [5.41, 5.74) is 5.71. The van der Waals surface area contributed by atoms with E-state index in [2.05, 4.69) is 15.2 Å². The van der Waals surface area contributed by atoms with Crippen molar-refractivity contribution in [1.29, 1.82) is 5.26 Å². The summed E-state index contributed by atoms with van der Waals surface area (Å²) in [6.07, 6.45) is 2.80. The lowest BCUT2D eigenvalue weighted by Gasteiger charge is -2.32. The van der Waals surface area contributed by atoms with E-state index in [0.717, 1.165) is 11.9 Å². The van der Waals surface area contributed by atoms with Gasteiger partial charge in [-0.15, -0.1) is 0 Å². The number of pyridine rings is 1. The van der Waals surface area contributed by atoms with Gasteiger partial charge < -0.3 is 16.0 Å². The molecule has 3 N–H and O–H groups in total. The molecule has 2 amide bonds. The Balaban J connectivity index is 1.59. The van der Waals surface area contributed by atoms with E-state index in [1.165, 1.54) is 18.3 Å². The minimum Gasteiger partial charge on any atom is -0.366 e. The van der Waals surface area contributed by atoms with E-state index >= 15 is 0 Å². The van der Waals surface area contributed by atoms with Crippen LogP contribution >= 0.6 is 0 Å². The van der Waals surface area contributed by atoms with Crippen molar-refractivity contribution in [3.05, 3.63) is 53.5 Å². The second-order valence-electron chi connectivity index (χ2n) is 6.33. The van der Waals surface area contributed by atoms with Crippen LogP contribution in [-0.4, -0.2) is 29.9 Å². The Morgan fingerprint density at radius 3 is 2.59 bits per heavy atom. The summed E-state index contributed by atoms with van der Waals surface area (Å²) < 4.78 is 13.5. The number of halogens is 1. The number of benzene rings is 1. The molecule has 1 saturated heterocycles. The minimum atomic E-state index is -0.883. The maximum Gasteiger partial charge on any atom is 0.251 e. The molecule has 8 heteroatoms. The second kappa shape index (κ2) is 7.83. The fraction of sp³-hybridized carbons (Fsp3) is 0.263. The topological polar surface area (TPSA) is 112 Å². The van der Waals surface area contributed by atoms with Crippen molar-refractivity contribution < 1.29 is 14.0 Å². The summed E-state index contributed by atoms with van der Waals surface area (Å²) in [4.78, 5) is 30.0. The van der Waals surface area contributed by atoms with Crippen LogP contribution in [0, 0.1) is 23.1 Å². The smallest absolute Gasteiger partial charge is 0.251 e. The molecule has 3 rings (SSSR count). The number of piperidine rings is 1. The molecule has 7 nitrogen and oxygen atoms in total. The fourth-order valence-electron chi connectivity index (χ4n) is 3.05. The normalized spacial score (nSPS) is 14.4. The van der Waals surface area contributed by atoms with Crippen molar-refractivity contribution in [1.82, 2.24) is 4.98 Å². The van der Waals surface area contributed by atoms with Gasteiger partial charge in [-0.2, -0.15) is 5.26 Å². The average Bonchev–Trinajstić information content (AvgIpc) is 2.69. The Morgan fingerprint density at radius 2 is 2.00 bits per heavy atom. The van der Waals surface area contributed by atoms with Gasteiger partial charge in [0.15, 0.2) is 0 Å². The van der Waals surface area contributed by atoms with E-state index in [4.69, 9.17) is 11.0 Å². The Bertz CT molecular complexity index is 899. The maximum absolute atomic E-state index is 13.5. The first-order valence-corrected chi connectivity index (χ1v) is 8.49. The van der Waals surface area contributed by atoms with E-state index in [0.29, 0.717) is 37.2 Å². The third kappa shape index (κ3) is 4.20. The lowest BCUT2D eigenvalue weighted by atomic mass is 9.95. The monoisotopic (exact) mass is 367 g/mol. The van der Waals surface area contributed by atoms with Crippen LogP contribution in [0.15, 0.2) is 36.5 Å². The molecule has 138 valence electrons. The molecule has 1 aromatic heterocycles. The molecule has 27 heavy (non-hydrogen) atoms. The van der Waals surface area contributed by atoms with Crippen molar-refractivity contribution in [2.45, 2.75) is 12.8 Å². The zero-order valence-corrected chi connectivity index (χ0v) is 14.5. The van der Waals surface area contributed by atoms with Crippen LogP contribution < -0.4 is 16.0 Å². The van der Waals surface area contributed by atoms with Gasteiger partial charge in [0.2, 0.25) is 5.91 Å². The van der Waals surface area contributed by atoms with Crippen molar-refractivity contribution in [2.75, 3.05) is 23.3 Å². The van der Waals surface area contributed by atoms with Crippen molar-refractivity contribution in [3.63, 3.8) is 0 Å². The van der Waals surface area contributed by atoms with Crippen molar-refractivity contribution in [2.24, 2.45) is 11.7 Å². The first-order chi connectivity index (χ1) is 13.0. The zero-order valence-electron chi connectivity index (χ0n) is 14.5. The number of hydrogen-bond donors (Lipinski definition) is 2. The third-order valence-electron chi connectivity index (χ3n) is 4.57. The van der Waals surface area contributed by atoms with Gasteiger partial charge in [0, 0.05) is 30.9 Å². The number of carbonyl (C=O) groups is 2. The first kappa shape index (κ1) is 18.3. The summed E-state index contributed by atoms with van der Waals surface area (Å²) in [6.45, 7) is 1.32. The largest absolute Gasteiger partial charge is 0.366 e. The van der Waals surface area contributed by atoms with Gasteiger partial charge in [-0.25, -0.2) is 9.37 Å². The van der Waals surface area contributed by atoms with Crippen LogP contribution in [0.2, 0.25) is 0 Å². The van der Waals surface area contributed by atoms with E-state index < -0.39 is 11.7 Å². The number of nitriles is 1. The lowest BCUT2D eigenvalue weighted by Crippen LogP contribution is -2.38. The van der Waals surface area contributed by atoms with Crippen molar-refractivity contribution >= 4 is 23.3 Å². The summed E-state index contributed by atoms with van der Waals surface area (Å²) in [5, 5.41) is 11.5. The molecular formula is C19H18FN5O2. The van der Waals surface area contributed by atoms with Crippen LogP contribution in [-0.2, 0) is 4.79 Å². The predicted octanol–water partition coefficient (Wildman–Crippen LogP) is 2.05. The van der Waals surface area contributed by atoms with Crippen LogP contribution in [0.25, 0.3) is 0 Å². The molecule has 1 aliphatic rings. The van der Waals surface area contributed by atoms with Gasteiger partial charge >= 0.3 is 0 Å². The van der Waals surface area contributed by atoms with Crippen molar-refractivity contribution in [3.8, 4) is 6.07 Å². The molecule has 0 unspecified atom stereocenters. The van der Waals surface area contributed by atoms with E-state index in [9.17, 15) is 14.0 Å². The van der Waals surface area contributed by atoms with Crippen LogP contribution in [0.5, 0.6) is 0 Å². The minimum absolute atomic E-state index is 0.176. The van der Waals surface area contributed by atoms with Gasteiger partial charge in [0.05, 0.1) is 11.1 Å². The van der Waals surface area contributed by atoms with E-state index in [1.807, 2.05) is 6.07 Å². The van der Waals surface area contributed by atoms with E-state index in [-0.39, 0.29) is 17.4 Å². The number of amides is 2. The van der Waals surface area contributed by atoms with Crippen LogP contribution in [0.4, 0.5) is 15.9 Å². The highest BCUT2D eigenvalue weighted by Gasteiger charge is 2.26. The fourth-order valence-corrected chi connectivity index (χ4v) is 3.05. The number of nitrogens with two attached hydrogens (primary N) is 1. The molecule has 1 aliphatic heterocycles. The molecule has 2 aromatic rings. The molecule has 1 aromatic carbocycles. The molecule has 0 spiro atoms. The molecule has 0 saturated carbocycles. The number of primary amides is 1. The Morgan fingerprint density at radius 1 is 1.26 bits per heavy atom. The number of carbonyl (C=O) groups excluding carboxylic acids is 2. The molecule has 1 fully saturated rings. The lowest BCUT2D eigenvalue weighted by molar-refractivity contribution is -0.120. The average molecular weight is 367 g/mol. The van der Waals surface area contributed by atoms with Gasteiger partial charge in [0.1, 0.15) is 17.7 Å². The van der Waals surface area contributed by atoms with Gasteiger partial charge in [-0.05, 0) is 43.2 Å². The summed E-state index contributed by atoms with van der Waals surface area (Å²) in [5.74, 6) is -1.20. The summed E-state index contributed by atoms with van der Waals surface area (Å²) in [6, 6.07) is 9.28. The number of aromatic nitrogens is 1.